The van der Waals surface area contributed by atoms with Gasteiger partial charge in [0.15, 0.2) is 0 Å². The molecule has 8 nitrogen and oxygen atoms in total. The van der Waals surface area contributed by atoms with Crippen molar-refractivity contribution in [3.63, 3.8) is 0 Å². The summed E-state index contributed by atoms with van der Waals surface area (Å²) in [5, 5.41) is 0. The highest BCUT2D eigenvalue weighted by Crippen LogP contribution is 2.37. The molecule has 0 saturated carbocycles. The molecule has 0 saturated heterocycles. The van der Waals surface area contributed by atoms with Crippen molar-refractivity contribution in [1.29, 1.82) is 0 Å². The molecular weight excluding hydrogens is 797 g/mol. The van der Waals surface area contributed by atoms with Gasteiger partial charge in [0.1, 0.15) is 11.5 Å². The summed E-state index contributed by atoms with van der Waals surface area (Å²) in [6.45, 7) is 0. The lowest BCUT2D eigenvalue weighted by atomic mass is 10.0. The minimum Gasteiger partial charge on any atom is -0.496 e. The maximum absolute atomic E-state index is 11.7. The van der Waals surface area contributed by atoms with Crippen molar-refractivity contribution in [1.82, 2.24) is 0 Å². The summed E-state index contributed by atoms with van der Waals surface area (Å²) >= 11 is 0. The number of hydrogen-bond acceptors (Lipinski definition) is 8. The molecule has 322 valence electrons. The molecule has 0 N–H and O–H groups in total. The normalized spacial score (nSPS) is 11.1. The van der Waals surface area contributed by atoms with E-state index in [4.69, 9.17) is 18.9 Å². The predicted octanol–water partition coefficient (Wildman–Crippen LogP) is 13.2. The highest BCUT2D eigenvalue weighted by Gasteiger charge is 2.15. The Kier molecular flexibility index (Phi) is 15.1. The van der Waals surface area contributed by atoms with Gasteiger partial charge in [0.25, 0.3) is 0 Å². The SMILES string of the molecule is COC(=O)CCc1ccc(N(c2ccccc2)c2ccc(C=Cc3cc(OC)c(C=Cc4ccc(N(c5ccccc5)c5ccc(CCC(=O)OC)cc5)cc4)cc3OC)cc2)cc1. The van der Waals surface area contributed by atoms with Crippen molar-refractivity contribution < 1.29 is 28.5 Å². The van der Waals surface area contributed by atoms with Gasteiger partial charge in [-0.2, -0.15) is 0 Å². The maximum Gasteiger partial charge on any atom is 0.305 e. The van der Waals surface area contributed by atoms with Gasteiger partial charge >= 0.3 is 11.9 Å². The van der Waals surface area contributed by atoms with Gasteiger partial charge in [-0.05, 0) is 120 Å². The number of methoxy groups -OCH3 is 4. The van der Waals surface area contributed by atoms with Crippen molar-refractivity contribution in [3.05, 3.63) is 203 Å². The summed E-state index contributed by atoms with van der Waals surface area (Å²) in [4.78, 5) is 27.8. The zero-order valence-electron chi connectivity index (χ0n) is 36.6. The van der Waals surface area contributed by atoms with Gasteiger partial charge in [-0.3, -0.25) is 9.59 Å². The molecule has 8 heteroatoms. The maximum atomic E-state index is 11.7. The zero-order valence-corrected chi connectivity index (χ0v) is 36.6. The molecule has 0 aliphatic carbocycles. The van der Waals surface area contributed by atoms with Crippen molar-refractivity contribution in [2.45, 2.75) is 25.7 Å². The fraction of sp³-hybridized carbons (Fsp3) is 0.143. The molecule has 0 aliphatic heterocycles. The largest absolute Gasteiger partial charge is 0.496 e. The number of carbonyl (C=O) groups excluding carboxylic acids is 2. The molecule has 0 amide bonds. The van der Waals surface area contributed by atoms with Crippen molar-refractivity contribution in [2.75, 3.05) is 38.2 Å². The molecule has 0 heterocycles. The first-order valence-corrected chi connectivity index (χ1v) is 21.2. The van der Waals surface area contributed by atoms with Gasteiger partial charge in [-0.25, -0.2) is 0 Å². The van der Waals surface area contributed by atoms with E-state index in [0.717, 1.165) is 79.0 Å². The Morgan fingerprint density at radius 1 is 0.406 bits per heavy atom. The summed E-state index contributed by atoms with van der Waals surface area (Å²) in [6, 6.07) is 58.0. The van der Waals surface area contributed by atoms with Crippen molar-refractivity contribution in [3.8, 4) is 11.5 Å². The Morgan fingerprint density at radius 3 is 1.03 bits per heavy atom. The van der Waals surface area contributed by atoms with Gasteiger partial charge < -0.3 is 28.7 Å². The second kappa shape index (κ2) is 21.8. The van der Waals surface area contributed by atoms with E-state index in [2.05, 4.69) is 143 Å². The summed E-state index contributed by atoms with van der Waals surface area (Å²) < 4.78 is 21.4. The smallest absolute Gasteiger partial charge is 0.305 e. The van der Waals surface area contributed by atoms with Crippen LogP contribution in [0.3, 0.4) is 0 Å². The first-order valence-electron chi connectivity index (χ1n) is 21.2. The first kappa shape index (κ1) is 44.2. The van der Waals surface area contributed by atoms with Gasteiger partial charge in [-0.15, -0.1) is 0 Å². The quantitative estimate of drug-likeness (QED) is 0.0624. The number of aryl methyl sites for hydroxylation is 2. The van der Waals surface area contributed by atoms with Gasteiger partial charge in [0, 0.05) is 58.1 Å². The van der Waals surface area contributed by atoms with Crippen LogP contribution in [0.1, 0.15) is 46.2 Å². The van der Waals surface area contributed by atoms with Crippen LogP contribution < -0.4 is 19.3 Å². The van der Waals surface area contributed by atoms with E-state index in [9.17, 15) is 9.59 Å². The fourth-order valence-electron chi connectivity index (χ4n) is 7.42. The standard InChI is InChI=1S/C56H52N2O6/c1-61-53-39-46(28-16-42-19-31-50(32-20-42)58(48-13-9-6-10-14-48)52-35-23-44(24-36-52)26-38-56(60)64-4)54(62-2)40-45(53)27-15-41-17-29-49(30-18-41)57(47-11-7-5-8-12-47)51-33-21-43(22-34-51)25-37-55(59)63-3/h5-24,27-36,39-40H,25-26,37-38H2,1-4H3. The monoisotopic (exact) mass is 848 g/mol. The topological polar surface area (TPSA) is 77.5 Å². The lowest BCUT2D eigenvalue weighted by Crippen LogP contribution is -2.10. The van der Waals surface area contributed by atoms with Crippen LogP contribution in [-0.4, -0.2) is 40.4 Å². The molecule has 0 aromatic heterocycles. The molecule has 0 fully saturated rings. The second-order valence-electron chi connectivity index (χ2n) is 15.0. The average molecular weight is 849 g/mol. The zero-order chi connectivity index (χ0) is 44.7. The number of carbonyl (C=O) groups is 2. The van der Waals surface area contributed by atoms with E-state index in [-0.39, 0.29) is 11.9 Å². The highest BCUT2D eigenvalue weighted by molar-refractivity contribution is 5.82. The Morgan fingerprint density at radius 2 is 0.719 bits per heavy atom. The van der Waals surface area contributed by atoms with Gasteiger partial charge in [-0.1, -0.05) is 109 Å². The summed E-state index contributed by atoms with van der Waals surface area (Å²) in [5.41, 5.74) is 12.1. The highest BCUT2D eigenvalue weighted by atomic mass is 16.5. The van der Waals surface area contributed by atoms with Crippen molar-refractivity contribution >= 4 is 70.4 Å². The second-order valence-corrected chi connectivity index (χ2v) is 15.0. The Hall–Kier alpha value is -7.84. The van der Waals surface area contributed by atoms with Crippen LogP contribution in [0.5, 0.6) is 11.5 Å². The van der Waals surface area contributed by atoms with Crippen LogP contribution in [0.4, 0.5) is 34.1 Å². The molecule has 7 aromatic rings. The van der Waals surface area contributed by atoms with Gasteiger partial charge in [0.2, 0.25) is 0 Å². The molecule has 0 spiro atoms. The Balaban J connectivity index is 1.07. The van der Waals surface area contributed by atoms with Crippen LogP contribution in [0.15, 0.2) is 170 Å². The van der Waals surface area contributed by atoms with E-state index < -0.39 is 0 Å². The first-order chi connectivity index (χ1) is 31.3. The summed E-state index contributed by atoms with van der Waals surface area (Å²) in [6.07, 6.45) is 10.2. The third-order valence-electron chi connectivity index (χ3n) is 10.9. The molecule has 7 aromatic carbocycles. The van der Waals surface area contributed by atoms with Crippen molar-refractivity contribution in [2.24, 2.45) is 0 Å². The van der Waals surface area contributed by atoms with E-state index >= 15 is 0 Å². The van der Waals surface area contributed by atoms with E-state index in [1.165, 1.54) is 14.2 Å². The number of benzene rings is 7. The molecule has 0 atom stereocenters. The predicted molar refractivity (Wildman–Crippen MR) is 260 cm³/mol. The third-order valence-corrected chi connectivity index (χ3v) is 10.9. The number of hydrogen-bond donors (Lipinski definition) is 0. The number of nitrogens with zero attached hydrogens (tertiary/aromatic N) is 2. The Bertz CT molecular complexity index is 2470. The minimum atomic E-state index is -0.214. The van der Waals surface area contributed by atoms with E-state index in [1.807, 2.05) is 60.7 Å². The summed E-state index contributed by atoms with van der Waals surface area (Å²) in [7, 11) is 6.19. The van der Waals surface area contributed by atoms with Crippen LogP contribution in [0.25, 0.3) is 24.3 Å². The Labute approximate surface area is 376 Å². The number of ether oxygens (including phenoxy) is 4. The van der Waals surface area contributed by atoms with Crippen LogP contribution in [0.2, 0.25) is 0 Å². The van der Waals surface area contributed by atoms with Gasteiger partial charge in [0.05, 0.1) is 28.4 Å². The number of rotatable bonds is 18. The van der Waals surface area contributed by atoms with E-state index in [0.29, 0.717) is 25.7 Å². The lowest BCUT2D eigenvalue weighted by Gasteiger charge is -2.25. The molecule has 0 aliphatic rings. The molecule has 0 bridgehead atoms. The molecule has 7 rings (SSSR count). The number of esters is 2. The molecule has 0 unspecified atom stereocenters. The van der Waals surface area contributed by atoms with Crippen LogP contribution in [-0.2, 0) is 31.9 Å². The minimum absolute atomic E-state index is 0.214. The third kappa shape index (κ3) is 11.3. The molecular formula is C56H52N2O6. The van der Waals surface area contributed by atoms with Crippen LogP contribution in [0, 0.1) is 0 Å². The summed E-state index contributed by atoms with van der Waals surface area (Å²) in [5.74, 6) is 1.02. The lowest BCUT2D eigenvalue weighted by molar-refractivity contribution is -0.141. The number of anilines is 6. The fourth-order valence-corrected chi connectivity index (χ4v) is 7.42. The van der Waals surface area contributed by atoms with E-state index in [1.54, 1.807) is 14.2 Å². The van der Waals surface area contributed by atoms with Crippen LogP contribution >= 0.6 is 0 Å². The molecule has 0 radical (unpaired) electrons. The molecule has 64 heavy (non-hydrogen) atoms. The average Bonchev–Trinajstić information content (AvgIpc) is 3.35. The number of para-hydroxylation sites is 2.